The number of primary amides is 1. The van der Waals surface area contributed by atoms with E-state index in [-0.39, 0.29) is 22.7 Å². The van der Waals surface area contributed by atoms with Crippen molar-refractivity contribution in [1.29, 1.82) is 0 Å². The molecule has 0 aliphatic rings. The van der Waals surface area contributed by atoms with E-state index in [1.54, 1.807) is 6.92 Å². The number of benzene rings is 1. The summed E-state index contributed by atoms with van der Waals surface area (Å²) in [6, 6.07) is 2.02. The van der Waals surface area contributed by atoms with E-state index in [2.05, 4.69) is 4.98 Å². The predicted octanol–water partition coefficient (Wildman–Crippen LogP) is 2.42. The van der Waals surface area contributed by atoms with Gasteiger partial charge in [0.2, 0.25) is 0 Å². The van der Waals surface area contributed by atoms with Gasteiger partial charge in [0.15, 0.2) is 0 Å². The Labute approximate surface area is 124 Å². The van der Waals surface area contributed by atoms with Crippen LogP contribution >= 0.6 is 11.3 Å². The second kappa shape index (κ2) is 6.28. The molecular weight excluding hydrogens is 298 g/mol. The fourth-order valence-corrected chi connectivity index (χ4v) is 3.09. The summed E-state index contributed by atoms with van der Waals surface area (Å²) in [7, 11) is 0. The van der Waals surface area contributed by atoms with Crippen LogP contribution in [0.4, 0.5) is 8.78 Å². The number of aryl methyl sites for hydroxylation is 2. The first kappa shape index (κ1) is 15.5. The zero-order valence-electron chi connectivity index (χ0n) is 11.3. The Morgan fingerprint density at radius 1 is 1.43 bits per heavy atom. The van der Waals surface area contributed by atoms with Crippen molar-refractivity contribution in [2.24, 2.45) is 5.73 Å². The van der Waals surface area contributed by atoms with Gasteiger partial charge in [-0.3, -0.25) is 4.79 Å². The van der Waals surface area contributed by atoms with Crippen LogP contribution in [0.5, 0.6) is 0 Å². The molecule has 1 heterocycles. The molecule has 0 unspecified atom stereocenters. The SMILES string of the molecule is Cc1nc(-c2c(F)ccc(C(N)=O)c2F)sc1CCCO. The minimum atomic E-state index is -0.995. The molecule has 112 valence electrons. The van der Waals surface area contributed by atoms with E-state index in [0.717, 1.165) is 28.3 Å². The summed E-state index contributed by atoms with van der Waals surface area (Å²) in [5, 5.41) is 9.01. The first-order valence-electron chi connectivity index (χ1n) is 6.31. The van der Waals surface area contributed by atoms with Gasteiger partial charge >= 0.3 is 0 Å². The van der Waals surface area contributed by atoms with Crippen LogP contribution in [0, 0.1) is 18.6 Å². The van der Waals surface area contributed by atoms with Crippen molar-refractivity contribution in [2.75, 3.05) is 6.61 Å². The highest BCUT2D eigenvalue weighted by atomic mass is 32.1. The Hall–Kier alpha value is -1.86. The second-order valence-electron chi connectivity index (χ2n) is 4.50. The van der Waals surface area contributed by atoms with Crippen LogP contribution in [0.25, 0.3) is 10.6 Å². The maximum Gasteiger partial charge on any atom is 0.251 e. The number of aromatic nitrogens is 1. The molecule has 4 nitrogen and oxygen atoms in total. The Balaban J connectivity index is 2.51. The number of halogens is 2. The van der Waals surface area contributed by atoms with E-state index in [1.165, 1.54) is 0 Å². The fraction of sp³-hybridized carbons (Fsp3) is 0.286. The third kappa shape index (κ3) is 3.08. The molecule has 1 aromatic heterocycles. The van der Waals surface area contributed by atoms with Crippen LogP contribution in [0.15, 0.2) is 12.1 Å². The largest absolute Gasteiger partial charge is 0.396 e. The summed E-state index contributed by atoms with van der Waals surface area (Å²) in [5.74, 6) is -2.74. The first-order chi connectivity index (χ1) is 9.95. The van der Waals surface area contributed by atoms with Crippen LogP contribution in [-0.2, 0) is 6.42 Å². The van der Waals surface area contributed by atoms with Gasteiger partial charge in [-0.15, -0.1) is 11.3 Å². The standard InChI is InChI=1S/C14H14F2N2O2S/c1-7-10(3-2-6-19)21-14(18-7)11-9(15)5-4-8(12(11)16)13(17)20/h4-5,19H,2-3,6H2,1H3,(H2,17,20). The smallest absolute Gasteiger partial charge is 0.251 e. The molecule has 0 atom stereocenters. The third-order valence-corrected chi connectivity index (χ3v) is 4.26. The molecule has 0 saturated carbocycles. The summed E-state index contributed by atoms with van der Waals surface area (Å²) in [4.78, 5) is 16.2. The maximum absolute atomic E-state index is 14.2. The Morgan fingerprint density at radius 2 is 2.14 bits per heavy atom. The Kier molecular flexibility index (Phi) is 4.64. The normalized spacial score (nSPS) is 10.9. The summed E-state index contributed by atoms with van der Waals surface area (Å²) < 4.78 is 28.2. The minimum Gasteiger partial charge on any atom is -0.396 e. The minimum absolute atomic E-state index is 0.0343. The molecule has 0 fully saturated rings. The number of carbonyl (C=O) groups is 1. The van der Waals surface area contributed by atoms with Gasteiger partial charge in [0.1, 0.15) is 16.6 Å². The summed E-state index contributed by atoms with van der Waals surface area (Å²) in [6.07, 6.45) is 1.13. The van der Waals surface area contributed by atoms with Gasteiger partial charge in [-0.1, -0.05) is 0 Å². The van der Waals surface area contributed by atoms with Crippen molar-refractivity contribution in [3.8, 4) is 10.6 Å². The number of amides is 1. The van der Waals surface area contributed by atoms with E-state index < -0.39 is 17.5 Å². The highest BCUT2D eigenvalue weighted by molar-refractivity contribution is 7.15. The number of aliphatic hydroxyl groups is 1. The van der Waals surface area contributed by atoms with Gasteiger partial charge in [-0.2, -0.15) is 0 Å². The summed E-state index contributed by atoms with van der Waals surface area (Å²) in [6.45, 7) is 1.77. The van der Waals surface area contributed by atoms with Crippen molar-refractivity contribution in [1.82, 2.24) is 4.98 Å². The van der Waals surface area contributed by atoms with Crippen LogP contribution in [0.1, 0.15) is 27.3 Å². The number of nitrogens with two attached hydrogens (primary N) is 1. The molecule has 0 aliphatic heterocycles. The van der Waals surface area contributed by atoms with Crippen molar-refractivity contribution in [3.05, 3.63) is 39.9 Å². The molecule has 0 bridgehead atoms. The van der Waals surface area contributed by atoms with E-state index in [1.807, 2.05) is 0 Å². The number of thiazole rings is 1. The third-order valence-electron chi connectivity index (χ3n) is 3.03. The lowest BCUT2D eigenvalue weighted by Crippen LogP contribution is -2.14. The highest BCUT2D eigenvalue weighted by Crippen LogP contribution is 2.33. The van der Waals surface area contributed by atoms with Gasteiger partial charge in [-0.05, 0) is 31.9 Å². The average Bonchev–Trinajstić information content (AvgIpc) is 2.77. The quantitative estimate of drug-likeness (QED) is 0.890. The van der Waals surface area contributed by atoms with E-state index in [0.29, 0.717) is 18.5 Å². The average molecular weight is 312 g/mol. The van der Waals surface area contributed by atoms with Gasteiger partial charge in [0, 0.05) is 11.5 Å². The molecule has 0 radical (unpaired) electrons. The first-order valence-corrected chi connectivity index (χ1v) is 7.12. The lowest BCUT2D eigenvalue weighted by Gasteiger charge is -2.04. The van der Waals surface area contributed by atoms with E-state index in [4.69, 9.17) is 10.8 Å². The van der Waals surface area contributed by atoms with E-state index in [9.17, 15) is 13.6 Å². The molecule has 2 aromatic rings. The number of hydrogen-bond donors (Lipinski definition) is 2. The van der Waals surface area contributed by atoms with Crippen molar-refractivity contribution in [2.45, 2.75) is 19.8 Å². The zero-order chi connectivity index (χ0) is 15.6. The van der Waals surface area contributed by atoms with Crippen molar-refractivity contribution in [3.63, 3.8) is 0 Å². The number of nitrogens with zero attached hydrogens (tertiary/aromatic N) is 1. The molecule has 1 aromatic carbocycles. The number of hydrogen-bond acceptors (Lipinski definition) is 4. The molecule has 3 N–H and O–H groups in total. The topological polar surface area (TPSA) is 76.2 Å². The lowest BCUT2D eigenvalue weighted by atomic mass is 10.1. The molecule has 0 saturated heterocycles. The molecule has 21 heavy (non-hydrogen) atoms. The van der Waals surface area contributed by atoms with Crippen LogP contribution in [0.2, 0.25) is 0 Å². The fourth-order valence-electron chi connectivity index (χ4n) is 1.95. The van der Waals surface area contributed by atoms with Crippen LogP contribution in [0.3, 0.4) is 0 Å². The molecular formula is C14H14F2N2O2S. The van der Waals surface area contributed by atoms with Crippen molar-refractivity contribution >= 4 is 17.2 Å². The Morgan fingerprint density at radius 3 is 2.76 bits per heavy atom. The van der Waals surface area contributed by atoms with Gasteiger partial charge in [0.05, 0.1) is 16.8 Å². The zero-order valence-corrected chi connectivity index (χ0v) is 12.1. The molecule has 0 spiro atoms. The predicted molar refractivity (Wildman–Crippen MR) is 76.1 cm³/mol. The second-order valence-corrected chi connectivity index (χ2v) is 5.59. The highest BCUT2D eigenvalue weighted by Gasteiger charge is 2.21. The number of aliphatic hydroxyl groups excluding tert-OH is 1. The molecule has 1 amide bonds. The van der Waals surface area contributed by atoms with Gasteiger partial charge in [0.25, 0.3) is 5.91 Å². The monoisotopic (exact) mass is 312 g/mol. The maximum atomic E-state index is 14.2. The number of rotatable bonds is 5. The van der Waals surface area contributed by atoms with E-state index >= 15 is 0 Å². The Bertz CT molecular complexity index is 686. The van der Waals surface area contributed by atoms with Crippen molar-refractivity contribution < 1.29 is 18.7 Å². The summed E-state index contributed by atoms with van der Waals surface area (Å²) >= 11 is 1.15. The van der Waals surface area contributed by atoms with Gasteiger partial charge in [-0.25, -0.2) is 13.8 Å². The van der Waals surface area contributed by atoms with Crippen LogP contribution in [-0.4, -0.2) is 22.6 Å². The molecule has 0 aliphatic carbocycles. The van der Waals surface area contributed by atoms with Gasteiger partial charge < -0.3 is 10.8 Å². The molecule has 7 heteroatoms. The number of carbonyl (C=O) groups excluding carboxylic acids is 1. The van der Waals surface area contributed by atoms with Crippen LogP contribution < -0.4 is 5.73 Å². The molecule has 2 rings (SSSR count). The summed E-state index contributed by atoms with van der Waals surface area (Å²) in [5.41, 5.74) is 5.02. The lowest BCUT2D eigenvalue weighted by molar-refractivity contribution is 0.0996.